The zero-order valence-corrected chi connectivity index (χ0v) is 12.1. The Hall–Kier alpha value is -2.06. The molecule has 0 aliphatic carbocycles. The quantitative estimate of drug-likeness (QED) is 0.794. The fraction of sp³-hybridized carbons (Fsp3) is 0.263. The molecular formula is C19H19NO. The molecule has 0 aromatic heterocycles. The molecule has 2 nitrogen and oxygen atoms in total. The van der Waals surface area contributed by atoms with Crippen molar-refractivity contribution in [2.24, 2.45) is 0 Å². The highest BCUT2D eigenvalue weighted by Crippen LogP contribution is 2.21. The second-order valence-electron chi connectivity index (χ2n) is 5.70. The molecule has 2 aromatic rings. The van der Waals surface area contributed by atoms with Crippen molar-refractivity contribution in [2.75, 3.05) is 13.1 Å². The van der Waals surface area contributed by atoms with E-state index >= 15 is 0 Å². The monoisotopic (exact) mass is 277 g/mol. The van der Waals surface area contributed by atoms with Crippen molar-refractivity contribution in [1.82, 2.24) is 5.32 Å². The minimum Gasteiger partial charge on any atom is -0.488 e. The van der Waals surface area contributed by atoms with Gasteiger partial charge in [-0.05, 0) is 54.1 Å². The van der Waals surface area contributed by atoms with Gasteiger partial charge in [0.2, 0.25) is 0 Å². The Kier molecular flexibility index (Phi) is 3.24. The van der Waals surface area contributed by atoms with Gasteiger partial charge in [0.25, 0.3) is 0 Å². The third-order valence-electron chi connectivity index (χ3n) is 4.39. The minimum absolute atomic E-state index is 0.655. The van der Waals surface area contributed by atoms with Crippen LogP contribution in [0, 0.1) is 0 Å². The summed E-state index contributed by atoms with van der Waals surface area (Å²) in [6.45, 7) is 2.83. The predicted molar refractivity (Wildman–Crippen MR) is 85.5 cm³/mol. The number of fused-ring (bicyclic) bond motifs is 2. The molecule has 0 unspecified atom stereocenters. The van der Waals surface area contributed by atoms with Gasteiger partial charge in [-0.15, -0.1) is 0 Å². The number of hydrogen-bond donors (Lipinski definition) is 1. The zero-order chi connectivity index (χ0) is 14.1. The maximum Gasteiger partial charge on any atom is 0.127 e. The zero-order valence-electron chi connectivity index (χ0n) is 12.1. The van der Waals surface area contributed by atoms with Crippen LogP contribution in [0.15, 0.2) is 42.5 Å². The lowest BCUT2D eigenvalue weighted by atomic mass is 9.98. The molecule has 1 fully saturated rings. The first kappa shape index (κ1) is 12.7. The Bertz CT molecular complexity index is 783. The molecular weight excluding hydrogens is 258 g/mol. The van der Waals surface area contributed by atoms with Crippen LogP contribution < -0.4 is 20.5 Å². The molecule has 1 saturated heterocycles. The van der Waals surface area contributed by atoms with E-state index in [-0.39, 0.29) is 0 Å². The number of benzene rings is 2. The first-order valence-electron chi connectivity index (χ1n) is 7.66. The van der Waals surface area contributed by atoms with Crippen LogP contribution in [0.1, 0.15) is 24.0 Å². The first-order chi connectivity index (χ1) is 10.4. The summed E-state index contributed by atoms with van der Waals surface area (Å²) in [6.07, 6.45) is 4.58. The molecule has 21 heavy (non-hydrogen) atoms. The van der Waals surface area contributed by atoms with Crippen LogP contribution in [0.4, 0.5) is 0 Å². The summed E-state index contributed by atoms with van der Waals surface area (Å²) >= 11 is 0. The Morgan fingerprint density at radius 1 is 0.905 bits per heavy atom. The van der Waals surface area contributed by atoms with E-state index in [1.165, 1.54) is 21.6 Å². The van der Waals surface area contributed by atoms with Crippen LogP contribution in [0.3, 0.4) is 0 Å². The average Bonchev–Trinajstić information content (AvgIpc) is 2.74. The van der Waals surface area contributed by atoms with Crippen molar-refractivity contribution in [2.45, 2.75) is 19.4 Å². The molecule has 2 aliphatic heterocycles. The van der Waals surface area contributed by atoms with Crippen LogP contribution in [0.2, 0.25) is 0 Å². The van der Waals surface area contributed by atoms with Gasteiger partial charge < -0.3 is 10.1 Å². The van der Waals surface area contributed by atoms with Gasteiger partial charge in [-0.1, -0.05) is 42.0 Å². The Morgan fingerprint density at radius 2 is 1.76 bits per heavy atom. The van der Waals surface area contributed by atoms with Gasteiger partial charge in [0, 0.05) is 5.56 Å². The fourth-order valence-electron chi connectivity index (χ4n) is 3.26. The van der Waals surface area contributed by atoms with Crippen molar-refractivity contribution in [3.8, 4) is 5.75 Å². The van der Waals surface area contributed by atoms with Crippen molar-refractivity contribution in [3.05, 3.63) is 64.0 Å². The van der Waals surface area contributed by atoms with Crippen molar-refractivity contribution < 1.29 is 4.74 Å². The molecule has 4 rings (SSSR count). The average molecular weight is 277 g/mol. The molecule has 0 spiro atoms. The molecule has 1 N–H and O–H groups in total. The number of piperidine rings is 1. The van der Waals surface area contributed by atoms with Gasteiger partial charge in [0.15, 0.2) is 0 Å². The molecule has 0 bridgehead atoms. The lowest BCUT2D eigenvalue weighted by Gasteiger charge is -2.16. The number of ether oxygens (including phenoxy) is 1. The maximum absolute atomic E-state index is 5.96. The molecule has 2 aliphatic rings. The van der Waals surface area contributed by atoms with E-state index in [2.05, 4.69) is 47.8 Å². The lowest BCUT2D eigenvalue weighted by Crippen LogP contribution is -2.34. The smallest absolute Gasteiger partial charge is 0.127 e. The summed E-state index contributed by atoms with van der Waals surface area (Å²) in [5, 5.41) is 6.19. The van der Waals surface area contributed by atoms with Gasteiger partial charge in [-0.3, -0.25) is 0 Å². The van der Waals surface area contributed by atoms with Crippen LogP contribution >= 0.6 is 0 Å². The molecule has 0 amide bonds. The summed E-state index contributed by atoms with van der Waals surface area (Å²) in [6, 6.07) is 14.9. The highest BCUT2D eigenvalue weighted by atomic mass is 16.5. The Labute approximate surface area is 124 Å². The maximum atomic E-state index is 5.96. The van der Waals surface area contributed by atoms with Crippen molar-refractivity contribution in [3.63, 3.8) is 0 Å². The van der Waals surface area contributed by atoms with Crippen LogP contribution in [-0.2, 0) is 6.61 Å². The predicted octanol–water partition coefficient (Wildman–Crippen LogP) is 1.94. The van der Waals surface area contributed by atoms with E-state index in [9.17, 15) is 0 Å². The summed E-state index contributed by atoms with van der Waals surface area (Å²) in [4.78, 5) is 0. The van der Waals surface area contributed by atoms with Crippen LogP contribution in [0.5, 0.6) is 5.75 Å². The van der Waals surface area contributed by atoms with Crippen LogP contribution in [0.25, 0.3) is 11.6 Å². The molecule has 106 valence electrons. The Balaban J connectivity index is 2.00. The summed E-state index contributed by atoms with van der Waals surface area (Å²) < 4.78 is 5.96. The van der Waals surface area contributed by atoms with Gasteiger partial charge in [0.1, 0.15) is 12.4 Å². The normalized spacial score (nSPS) is 17.0. The third-order valence-corrected chi connectivity index (χ3v) is 4.39. The van der Waals surface area contributed by atoms with E-state index in [0.29, 0.717) is 6.61 Å². The molecule has 0 atom stereocenters. The van der Waals surface area contributed by atoms with E-state index < -0.39 is 0 Å². The molecule has 2 aromatic carbocycles. The highest BCUT2D eigenvalue weighted by molar-refractivity contribution is 5.61. The highest BCUT2D eigenvalue weighted by Gasteiger charge is 2.11. The minimum atomic E-state index is 0.655. The molecule has 0 radical (unpaired) electrons. The topological polar surface area (TPSA) is 21.3 Å². The van der Waals surface area contributed by atoms with Crippen molar-refractivity contribution in [1.29, 1.82) is 0 Å². The SMILES string of the molecule is C1=c2c(cccc2=C2CCNCC2)COc2ccccc21. The van der Waals surface area contributed by atoms with Crippen LogP contribution in [-0.4, -0.2) is 13.1 Å². The number of hydrogen-bond acceptors (Lipinski definition) is 2. The second-order valence-corrected chi connectivity index (χ2v) is 5.70. The number of nitrogens with one attached hydrogen (secondary N) is 1. The Morgan fingerprint density at radius 3 is 2.67 bits per heavy atom. The van der Waals surface area contributed by atoms with Gasteiger partial charge >= 0.3 is 0 Å². The van der Waals surface area contributed by atoms with E-state index in [1.807, 2.05) is 6.07 Å². The number of para-hydroxylation sites is 1. The van der Waals surface area contributed by atoms with E-state index in [0.717, 1.165) is 31.7 Å². The largest absolute Gasteiger partial charge is 0.488 e. The lowest BCUT2D eigenvalue weighted by molar-refractivity contribution is 0.306. The van der Waals surface area contributed by atoms with E-state index in [4.69, 9.17) is 4.74 Å². The first-order valence-corrected chi connectivity index (χ1v) is 7.66. The second kappa shape index (κ2) is 5.38. The molecule has 0 saturated carbocycles. The molecule has 2 heterocycles. The third kappa shape index (κ3) is 2.36. The summed E-state index contributed by atoms with van der Waals surface area (Å²) in [5.41, 5.74) is 4.04. The molecule has 2 heteroatoms. The van der Waals surface area contributed by atoms with Crippen molar-refractivity contribution >= 4 is 11.6 Å². The summed E-state index contributed by atoms with van der Waals surface area (Å²) in [5.74, 6) is 0.981. The standard InChI is InChI=1S/C19H19NO/c1-2-7-19-15(4-1)12-18-16(13-21-19)5-3-6-17(18)14-8-10-20-11-9-14/h1-7,12,20H,8-11,13H2. The van der Waals surface area contributed by atoms with Gasteiger partial charge in [-0.25, -0.2) is 0 Å². The van der Waals surface area contributed by atoms with Gasteiger partial charge in [0.05, 0.1) is 0 Å². The number of rotatable bonds is 0. The van der Waals surface area contributed by atoms with E-state index in [1.54, 1.807) is 5.57 Å². The summed E-state index contributed by atoms with van der Waals surface area (Å²) in [7, 11) is 0. The van der Waals surface area contributed by atoms with Gasteiger partial charge in [-0.2, -0.15) is 0 Å². The fourth-order valence-corrected chi connectivity index (χ4v) is 3.26.